The number of rotatable bonds is 11. The summed E-state index contributed by atoms with van der Waals surface area (Å²) in [6, 6.07) is 1.84. The maximum atomic E-state index is 12.9. The molecule has 1 aromatic heterocycles. The Morgan fingerprint density at radius 2 is 1.61 bits per heavy atom. The molecular weight excluding hydrogens is 432 g/mol. The van der Waals surface area contributed by atoms with Crippen molar-refractivity contribution in [3.8, 4) is 5.75 Å². The lowest BCUT2D eigenvalue weighted by Crippen LogP contribution is -2.56. The molecule has 0 aliphatic rings. The number of aliphatic carboxylic acids is 1. The highest BCUT2D eigenvalue weighted by molar-refractivity contribution is 5.94. The van der Waals surface area contributed by atoms with Gasteiger partial charge in [-0.1, -0.05) is 12.1 Å². The van der Waals surface area contributed by atoms with Crippen LogP contribution in [0.3, 0.4) is 0 Å². The van der Waals surface area contributed by atoms with Gasteiger partial charge >= 0.3 is 5.97 Å². The zero-order valence-electron chi connectivity index (χ0n) is 18.2. The van der Waals surface area contributed by atoms with Gasteiger partial charge in [0.2, 0.25) is 17.7 Å². The van der Waals surface area contributed by atoms with Crippen LogP contribution in [0.25, 0.3) is 0 Å². The van der Waals surface area contributed by atoms with Gasteiger partial charge in [-0.25, -0.2) is 4.98 Å². The number of carbonyl (C=O) groups excluding carboxylic acids is 3. The molecule has 33 heavy (non-hydrogen) atoms. The number of nitrogens with two attached hydrogens (primary N) is 1. The lowest BCUT2D eigenvalue weighted by molar-refractivity contribution is -0.141. The fourth-order valence-electron chi connectivity index (χ4n) is 2.86. The number of benzene rings is 1. The number of phenolic OH excluding ortho intramolecular Hbond substituents is 1. The number of carboxylic acids is 1. The molecule has 0 saturated carbocycles. The molecule has 12 nitrogen and oxygen atoms in total. The van der Waals surface area contributed by atoms with Crippen LogP contribution in [0.15, 0.2) is 36.8 Å². The maximum absolute atomic E-state index is 12.9. The highest BCUT2D eigenvalue weighted by atomic mass is 16.4. The number of carbonyl (C=O) groups is 4. The van der Waals surface area contributed by atoms with Crippen molar-refractivity contribution in [2.75, 3.05) is 0 Å². The quantitative estimate of drug-likeness (QED) is 0.217. The second kappa shape index (κ2) is 11.6. The summed E-state index contributed by atoms with van der Waals surface area (Å²) in [5, 5.41) is 25.7. The first-order valence-electron chi connectivity index (χ1n) is 10.2. The third kappa shape index (κ3) is 7.92. The molecule has 0 aliphatic carbocycles. The normalized spacial score (nSPS) is 14.4. The molecule has 4 unspecified atom stereocenters. The molecule has 2 aromatic rings. The first-order valence-corrected chi connectivity index (χ1v) is 10.2. The highest BCUT2D eigenvalue weighted by Gasteiger charge is 2.28. The van der Waals surface area contributed by atoms with Crippen molar-refractivity contribution in [1.82, 2.24) is 25.9 Å². The van der Waals surface area contributed by atoms with E-state index in [0.717, 1.165) is 0 Å². The molecule has 1 aromatic carbocycles. The highest BCUT2D eigenvalue weighted by Crippen LogP contribution is 2.12. The van der Waals surface area contributed by atoms with E-state index in [4.69, 9.17) is 10.8 Å². The summed E-state index contributed by atoms with van der Waals surface area (Å²) in [6.07, 6.45) is 3.23. The Morgan fingerprint density at radius 3 is 2.18 bits per heavy atom. The van der Waals surface area contributed by atoms with Crippen LogP contribution in [0, 0.1) is 0 Å². The van der Waals surface area contributed by atoms with Crippen molar-refractivity contribution in [2.24, 2.45) is 5.73 Å². The Morgan fingerprint density at radius 1 is 0.970 bits per heavy atom. The second-order valence-electron chi connectivity index (χ2n) is 7.62. The summed E-state index contributed by atoms with van der Waals surface area (Å²) < 4.78 is 0. The predicted octanol–water partition coefficient (Wildman–Crippen LogP) is -1.19. The average Bonchev–Trinajstić information content (AvgIpc) is 3.27. The number of amides is 3. The van der Waals surface area contributed by atoms with E-state index in [-0.39, 0.29) is 18.6 Å². The van der Waals surface area contributed by atoms with E-state index in [1.165, 1.54) is 38.5 Å². The lowest BCUT2D eigenvalue weighted by atomic mass is 10.0. The second-order valence-corrected chi connectivity index (χ2v) is 7.62. The van der Waals surface area contributed by atoms with Crippen LogP contribution in [0.4, 0.5) is 0 Å². The SMILES string of the molecule is CC(NC(=O)C(C)NC(=O)C(Cc1ccc(O)cc1)NC(=O)C(N)Cc1cnc[nH]1)C(=O)O. The average molecular weight is 460 g/mol. The summed E-state index contributed by atoms with van der Waals surface area (Å²) in [7, 11) is 0. The summed E-state index contributed by atoms with van der Waals surface area (Å²) >= 11 is 0. The van der Waals surface area contributed by atoms with Gasteiger partial charge in [0.1, 0.15) is 23.9 Å². The number of aromatic nitrogens is 2. The van der Waals surface area contributed by atoms with Crippen LogP contribution in [0.1, 0.15) is 25.1 Å². The van der Waals surface area contributed by atoms with Crippen molar-refractivity contribution in [3.05, 3.63) is 48.0 Å². The third-order valence-electron chi connectivity index (χ3n) is 4.82. The number of imidazole rings is 1. The van der Waals surface area contributed by atoms with Gasteiger partial charge in [-0.3, -0.25) is 19.2 Å². The molecule has 0 bridgehead atoms. The molecule has 178 valence electrons. The summed E-state index contributed by atoms with van der Waals surface area (Å²) in [5.41, 5.74) is 7.25. The molecule has 8 N–H and O–H groups in total. The smallest absolute Gasteiger partial charge is 0.325 e. The number of phenols is 1. The fraction of sp³-hybridized carbons (Fsp3) is 0.381. The van der Waals surface area contributed by atoms with Crippen LogP contribution in [0.5, 0.6) is 5.75 Å². The minimum atomic E-state index is -1.22. The van der Waals surface area contributed by atoms with E-state index in [1.54, 1.807) is 12.1 Å². The van der Waals surface area contributed by atoms with E-state index < -0.39 is 47.9 Å². The maximum Gasteiger partial charge on any atom is 0.325 e. The first-order chi connectivity index (χ1) is 15.6. The van der Waals surface area contributed by atoms with Crippen LogP contribution in [0.2, 0.25) is 0 Å². The van der Waals surface area contributed by atoms with Gasteiger partial charge in [0, 0.05) is 24.7 Å². The molecule has 0 saturated heterocycles. The number of hydrogen-bond donors (Lipinski definition) is 7. The zero-order chi connectivity index (χ0) is 24.5. The molecule has 0 radical (unpaired) electrons. The lowest BCUT2D eigenvalue weighted by Gasteiger charge is -2.23. The van der Waals surface area contributed by atoms with Crippen LogP contribution in [-0.2, 0) is 32.0 Å². The molecule has 2 rings (SSSR count). The number of nitrogens with one attached hydrogen (secondary N) is 4. The van der Waals surface area contributed by atoms with E-state index >= 15 is 0 Å². The zero-order valence-corrected chi connectivity index (χ0v) is 18.2. The summed E-state index contributed by atoms with van der Waals surface area (Å²) in [4.78, 5) is 55.4. The Kier molecular flexibility index (Phi) is 8.92. The molecule has 0 spiro atoms. The molecular formula is C21H28N6O6. The van der Waals surface area contributed by atoms with E-state index in [2.05, 4.69) is 25.9 Å². The number of aromatic amines is 1. The van der Waals surface area contributed by atoms with E-state index in [1.807, 2.05) is 0 Å². The third-order valence-corrected chi connectivity index (χ3v) is 4.82. The van der Waals surface area contributed by atoms with Gasteiger partial charge in [0.25, 0.3) is 0 Å². The topological polar surface area (TPSA) is 200 Å². The van der Waals surface area contributed by atoms with Gasteiger partial charge in [-0.2, -0.15) is 0 Å². The van der Waals surface area contributed by atoms with Crippen molar-refractivity contribution < 1.29 is 29.4 Å². The van der Waals surface area contributed by atoms with Crippen molar-refractivity contribution in [1.29, 1.82) is 0 Å². The summed E-state index contributed by atoms with van der Waals surface area (Å²) in [5.74, 6) is -3.10. The molecule has 0 fully saturated rings. The summed E-state index contributed by atoms with van der Waals surface area (Å²) in [6.45, 7) is 2.69. The number of aromatic hydroxyl groups is 1. The van der Waals surface area contributed by atoms with Gasteiger partial charge in [-0.15, -0.1) is 0 Å². The van der Waals surface area contributed by atoms with Crippen molar-refractivity contribution >= 4 is 23.7 Å². The molecule has 3 amide bonds. The molecule has 1 heterocycles. The minimum Gasteiger partial charge on any atom is -0.508 e. The van der Waals surface area contributed by atoms with Crippen LogP contribution < -0.4 is 21.7 Å². The van der Waals surface area contributed by atoms with Gasteiger partial charge in [0.15, 0.2) is 0 Å². The van der Waals surface area contributed by atoms with Gasteiger partial charge in [-0.05, 0) is 31.5 Å². The van der Waals surface area contributed by atoms with Crippen LogP contribution >= 0.6 is 0 Å². The van der Waals surface area contributed by atoms with Crippen molar-refractivity contribution in [3.63, 3.8) is 0 Å². The van der Waals surface area contributed by atoms with Gasteiger partial charge in [0.05, 0.1) is 12.4 Å². The minimum absolute atomic E-state index is 0.0446. The molecule has 12 heteroatoms. The van der Waals surface area contributed by atoms with Gasteiger partial charge < -0.3 is 36.9 Å². The standard InChI is InChI=1S/C21H28N6O6/c1-11(18(29)26-12(2)21(32)33)25-20(31)17(7-13-3-5-15(28)6-4-13)27-19(30)16(22)8-14-9-23-10-24-14/h3-6,9-12,16-17,28H,7-8,22H2,1-2H3,(H,23,24)(H,25,31)(H,26,29)(H,27,30)(H,32,33). The molecule has 4 atom stereocenters. The predicted molar refractivity (Wildman–Crippen MR) is 117 cm³/mol. The number of H-pyrrole nitrogens is 1. The number of carboxylic acid groups (broad SMARTS) is 1. The van der Waals surface area contributed by atoms with Crippen molar-refractivity contribution in [2.45, 2.75) is 50.9 Å². The Labute approximate surface area is 190 Å². The van der Waals surface area contributed by atoms with E-state index in [9.17, 15) is 24.3 Å². The van der Waals surface area contributed by atoms with E-state index in [0.29, 0.717) is 11.3 Å². The fourth-order valence-corrected chi connectivity index (χ4v) is 2.86. The van der Waals surface area contributed by atoms with Crippen LogP contribution in [-0.4, -0.2) is 68.0 Å². The molecule has 0 aliphatic heterocycles. The Balaban J connectivity index is 2.09. The Bertz CT molecular complexity index is 962. The number of hydrogen-bond acceptors (Lipinski definition) is 7. The monoisotopic (exact) mass is 460 g/mol. The number of nitrogens with zero attached hydrogens (tertiary/aromatic N) is 1. The first kappa shape index (κ1) is 25.3. The Hall–Kier alpha value is -3.93. The largest absolute Gasteiger partial charge is 0.508 e.